The van der Waals surface area contributed by atoms with Gasteiger partial charge in [0, 0.05) is 30.9 Å². The number of aromatic nitrogens is 2. The molecule has 0 aliphatic carbocycles. The van der Waals surface area contributed by atoms with Gasteiger partial charge in [-0.25, -0.2) is 4.98 Å². The number of pyridine rings is 2. The van der Waals surface area contributed by atoms with Crippen molar-refractivity contribution in [1.29, 1.82) is 0 Å². The molecule has 1 aromatic carbocycles. The Kier molecular flexibility index (Phi) is 4.85. The molecule has 0 radical (unpaired) electrons. The molecule has 0 fully saturated rings. The van der Waals surface area contributed by atoms with Crippen LogP contribution in [0.1, 0.15) is 29.9 Å². The molecular formula is C20H21N3O. The number of amides is 1. The maximum absolute atomic E-state index is 13.0. The van der Waals surface area contributed by atoms with Gasteiger partial charge in [0.2, 0.25) is 0 Å². The summed E-state index contributed by atoms with van der Waals surface area (Å²) in [4.78, 5) is 23.5. The number of nitrogens with zero attached hydrogens (tertiary/aromatic N) is 3. The number of carbonyl (C=O) groups excluding carboxylic acids is 1. The van der Waals surface area contributed by atoms with Gasteiger partial charge in [0.1, 0.15) is 5.69 Å². The van der Waals surface area contributed by atoms with Gasteiger partial charge in [-0.3, -0.25) is 9.78 Å². The fourth-order valence-electron chi connectivity index (χ4n) is 2.72. The number of benzene rings is 1. The summed E-state index contributed by atoms with van der Waals surface area (Å²) >= 11 is 0. The zero-order valence-corrected chi connectivity index (χ0v) is 14.0. The van der Waals surface area contributed by atoms with Crippen LogP contribution in [0.5, 0.6) is 0 Å². The van der Waals surface area contributed by atoms with Gasteiger partial charge in [0.15, 0.2) is 0 Å². The van der Waals surface area contributed by atoms with E-state index in [0.29, 0.717) is 24.7 Å². The molecule has 3 aromatic rings. The highest BCUT2D eigenvalue weighted by Gasteiger charge is 2.19. The second-order valence-electron chi connectivity index (χ2n) is 6.33. The van der Waals surface area contributed by atoms with Gasteiger partial charge in [-0.1, -0.05) is 44.2 Å². The molecule has 4 nitrogen and oxygen atoms in total. The van der Waals surface area contributed by atoms with Crippen molar-refractivity contribution in [2.45, 2.75) is 20.4 Å². The Labute approximate surface area is 142 Å². The summed E-state index contributed by atoms with van der Waals surface area (Å²) in [5.74, 6) is 0.337. The van der Waals surface area contributed by atoms with E-state index in [4.69, 9.17) is 0 Å². The predicted octanol–water partition coefficient (Wildman–Crippen LogP) is 3.93. The van der Waals surface area contributed by atoms with Gasteiger partial charge in [0.25, 0.3) is 5.91 Å². The zero-order chi connectivity index (χ0) is 16.9. The Hall–Kier alpha value is -2.75. The molecule has 0 unspecified atom stereocenters. The Morgan fingerprint density at radius 1 is 1.08 bits per heavy atom. The van der Waals surface area contributed by atoms with Crippen molar-refractivity contribution in [2.24, 2.45) is 5.92 Å². The van der Waals surface area contributed by atoms with Crippen LogP contribution < -0.4 is 0 Å². The molecule has 0 N–H and O–H groups in total. The maximum atomic E-state index is 13.0. The molecule has 0 spiro atoms. The third kappa shape index (κ3) is 3.77. The number of rotatable bonds is 5. The highest BCUT2D eigenvalue weighted by atomic mass is 16.2. The van der Waals surface area contributed by atoms with E-state index in [1.165, 1.54) is 0 Å². The topological polar surface area (TPSA) is 46.1 Å². The van der Waals surface area contributed by atoms with Crippen LogP contribution in [-0.4, -0.2) is 27.3 Å². The lowest BCUT2D eigenvalue weighted by atomic mass is 10.1. The van der Waals surface area contributed by atoms with Crippen molar-refractivity contribution in [1.82, 2.24) is 14.9 Å². The van der Waals surface area contributed by atoms with Gasteiger partial charge >= 0.3 is 0 Å². The van der Waals surface area contributed by atoms with Crippen molar-refractivity contribution in [3.63, 3.8) is 0 Å². The predicted molar refractivity (Wildman–Crippen MR) is 95.6 cm³/mol. The molecule has 24 heavy (non-hydrogen) atoms. The molecule has 122 valence electrons. The molecule has 2 heterocycles. The molecule has 0 aliphatic heterocycles. The number of carbonyl (C=O) groups is 1. The fourth-order valence-corrected chi connectivity index (χ4v) is 2.72. The summed E-state index contributed by atoms with van der Waals surface area (Å²) in [6, 6.07) is 15.5. The number of fused-ring (bicyclic) bond motifs is 1. The summed E-state index contributed by atoms with van der Waals surface area (Å²) in [5, 5.41) is 1.04. The molecule has 0 saturated heterocycles. The van der Waals surface area contributed by atoms with E-state index < -0.39 is 0 Å². The minimum absolute atomic E-state index is 0.0432. The Balaban J connectivity index is 1.88. The average molecular weight is 319 g/mol. The van der Waals surface area contributed by atoms with Gasteiger partial charge in [0.05, 0.1) is 5.52 Å². The maximum Gasteiger partial charge on any atom is 0.272 e. The summed E-state index contributed by atoms with van der Waals surface area (Å²) in [6.07, 6.45) is 3.54. The van der Waals surface area contributed by atoms with Gasteiger partial charge in [-0.15, -0.1) is 0 Å². The first kappa shape index (κ1) is 16.1. The molecule has 0 aliphatic rings. The summed E-state index contributed by atoms with van der Waals surface area (Å²) in [5.41, 5.74) is 2.35. The quantitative estimate of drug-likeness (QED) is 0.716. The van der Waals surface area contributed by atoms with Crippen molar-refractivity contribution >= 4 is 16.8 Å². The van der Waals surface area contributed by atoms with Crippen LogP contribution in [0, 0.1) is 5.92 Å². The molecule has 0 bridgehead atoms. The van der Waals surface area contributed by atoms with E-state index in [1.54, 1.807) is 18.5 Å². The Morgan fingerprint density at radius 3 is 2.67 bits per heavy atom. The minimum Gasteiger partial charge on any atom is -0.333 e. The van der Waals surface area contributed by atoms with Crippen molar-refractivity contribution in [3.8, 4) is 0 Å². The molecule has 2 aromatic heterocycles. The number of para-hydroxylation sites is 1. The van der Waals surface area contributed by atoms with Crippen LogP contribution >= 0.6 is 0 Å². The summed E-state index contributed by atoms with van der Waals surface area (Å²) in [6.45, 7) is 5.44. The summed E-state index contributed by atoms with van der Waals surface area (Å²) in [7, 11) is 0. The second-order valence-corrected chi connectivity index (χ2v) is 6.33. The SMILES string of the molecule is CC(C)CN(Cc1cccnc1)C(=O)c1ccc2ccccc2n1. The van der Waals surface area contributed by atoms with E-state index >= 15 is 0 Å². The largest absolute Gasteiger partial charge is 0.333 e. The molecule has 0 saturated carbocycles. The Morgan fingerprint density at radius 2 is 1.92 bits per heavy atom. The third-order valence-corrected chi connectivity index (χ3v) is 3.79. The van der Waals surface area contributed by atoms with Crippen LogP contribution in [0.4, 0.5) is 0 Å². The third-order valence-electron chi connectivity index (χ3n) is 3.79. The van der Waals surface area contributed by atoms with Crippen LogP contribution in [-0.2, 0) is 6.54 Å². The van der Waals surface area contributed by atoms with Gasteiger partial charge in [-0.2, -0.15) is 0 Å². The standard InChI is InChI=1S/C20H21N3O/c1-15(2)13-23(14-16-6-5-11-21-12-16)20(24)19-10-9-17-7-3-4-8-18(17)22-19/h3-12,15H,13-14H2,1-2H3. The lowest BCUT2D eigenvalue weighted by Crippen LogP contribution is -2.34. The van der Waals surface area contributed by atoms with E-state index in [9.17, 15) is 4.79 Å². The van der Waals surface area contributed by atoms with Gasteiger partial charge < -0.3 is 4.90 Å². The van der Waals surface area contributed by atoms with E-state index in [1.807, 2.05) is 47.4 Å². The van der Waals surface area contributed by atoms with Crippen molar-refractivity contribution < 1.29 is 4.79 Å². The van der Waals surface area contributed by atoms with Crippen molar-refractivity contribution in [2.75, 3.05) is 6.54 Å². The van der Waals surface area contributed by atoms with Gasteiger partial charge in [-0.05, 0) is 29.7 Å². The molecular weight excluding hydrogens is 298 g/mol. The second kappa shape index (κ2) is 7.21. The van der Waals surface area contributed by atoms with Crippen LogP contribution in [0.3, 0.4) is 0 Å². The average Bonchev–Trinajstić information content (AvgIpc) is 2.60. The van der Waals surface area contributed by atoms with E-state index in [2.05, 4.69) is 23.8 Å². The molecule has 4 heteroatoms. The molecule has 0 atom stereocenters. The smallest absolute Gasteiger partial charge is 0.272 e. The number of hydrogen-bond acceptors (Lipinski definition) is 3. The Bertz CT molecular complexity index is 830. The minimum atomic E-state index is -0.0432. The van der Waals surface area contributed by atoms with Crippen molar-refractivity contribution in [3.05, 3.63) is 72.2 Å². The zero-order valence-electron chi connectivity index (χ0n) is 14.0. The first-order valence-electron chi connectivity index (χ1n) is 8.17. The number of hydrogen-bond donors (Lipinski definition) is 0. The lowest BCUT2D eigenvalue weighted by Gasteiger charge is -2.24. The molecule has 1 amide bonds. The summed E-state index contributed by atoms with van der Waals surface area (Å²) < 4.78 is 0. The normalized spacial score (nSPS) is 11.0. The fraction of sp³-hybridized carbons (Fsp3) is 0.250. The molecule has 3 rings (SSSR count). The monoisotopic (exact) mass is 319 g/mol. The lowest BCUT2D eigenvalue weighted by molar-refractivity contribution is 0.0717. The first-order valence-corrected chi connectivity index (χ1v) is 8.17. The van der Waals surface area contributed by atoms with E-state index in [-0.39, 0.29) is 5.91 Å². The first-order chi connectivity index (χ1) is 11.6. The van der Waals surface area contributed by atoms with Crippen LogP contribution in [0.25, 0.3) is 10.9 Å². The van der Waals surface area contributed by atoms with E-state index in [0.717, 1.165) is 16.5 Å². The van der Waals surface area contributed by atoms with Crippen LogP contribution in [0.15, 0.2) is 60.9 Å². The highest BCUT2D eigenvalue weighted by Crippen LogP contribution is 2.15. The highest BCUT2D eigenvalue weighted by molar-refractivity contribution is 5.94. The van der Waals surface area contributed by atoms with Crippen LogP contribution in [0.2, 0.25) is 0 Å².